The number of hydrogen-bond donors (Lipinski definition) is 2. The third-order valence-electron chi connectivity index (χ3n) is 5.05. The molecule has 1 fully saturated rings. The lowest BCUT2D eigenvalue weighted by Crippen LogP contribution is -2.34. The second-order valence-corrected chi connectivity index (χ2v) is 7.12. The Bertz CT molecular complexity index is 898. The average Bonchev–Trinajstić information content (AvgIpc) is 3.53. The van der Waals surface area contributed by atoms with Crippen molar-refractivity contribution in [1.82, 2.24) is 5.32 Å². The fraction of sp³-hybridized carbons (Fsp3) is 0.381. The van der Waals surface area contributed by atoms with E-state index in [1.165, 1.54) is 13.2 Å². The Morgan fingerprint density at radius 3 is 2.64 bits per heavy atom. The van der Waals surface area contributed by atoms with E-state index >= 15 is 0 Å². The molecule has 1 aliphatic carbocycles. The van der Waals surface area contributed by atoms with Crippen LogP contribution >= 0.6 is 0 Å². The molecule has 0 radical (unpaired) electrons. The molecule has 28 heavy (non-hydrogen) atoms. The van der Waals surface area contributed by atoms with Crippen LogP contribution in [0.2, 0.25) is 0 Å². The number of ether oxygens (including phenoxy) is 3. The molecule has 0 spiro atoms. The molecule has 0 aromatic heterocycles. The fourth-order valence-electron chi connectivity index (χ4n) is 3.40. The van der Waals surface area contributed by atoms with Gasteiger partial charge in [-0.3, -0.25) is 0 Å². The standard InChI is InChI=1S/C21H23FN2O4/c1-12-9-18(26-2)15(22)11-16(12)23-21(25)24-20(13-3-4-13)14-5-6-17-19(10-14)28-8-7-27-17/h5-6,9-11,13,20H,3-4,7-8H2,1-2H3,(H2,23,24,25). The zero-order valence-corrected chi connectivity index (χ0v) is 15.9. The molecule has 0 saturated heterocycles. The van der Waals surface area contributed by atoms with Crippen LogP contribution in [0, 0.1) is 18.7 Å². The van der Waals surface area contributed by atoms with Crippen LogP contribution in [-0.2, 0) is 0 Å². The van der Waals surface area contributed by atoms with Crippen molar-refractivity contribution in [2.75, 3.05) is 25.6 Å². The van der Waals surface area contributed by atoms with Gasteiger partial charge in [-0.25, -0.2) is 9.18 Å². The largest absolute Gasteiger partial charge is 0.494 e. The smallest absolute Gasteiger partial charge is 0.319 e. The Morgan fingerprint density at radius 1 is 1.18 bits per heavy atom. The Labute approximate surface area is 163 Å². The number of rotatable bonds is 5. The van der Waals surface area contributed by atoms with Gasteiger partial charge in [0.1, 0.15) is 13.2 Å². The number of anilines is 1. The van der Waals surface area contributed by atoms with Crippen LogP contribution in [0.3, 0.4) is 0 Å². The minimum atomic E-state index is -0.519. The highest BCUT2D eigenvalue weighted by molar-refractivity contribution is 5.90. The van der Waals surface area contributed by atoms with Gasteiger partial charge in [0.15, 0.2) is 23.1 Å². The van der Waals surface area contributed by atoms with Crippen LogP contribution in [0.5, 0.6) is 17.2 Å². The number of fused-ring (bicyclic) bond motifs is 1. The molecule has 1 unspecified atom stereocenters. The van der Waals surface area contributed by atoms with Crippen LogP contribution in [0.15, 0.2) is 30.3 Å². The van der Waals surface area contributed by atoms with Gasteiger partial charge in [0.25, 0.3) is 0 Å². The maximum atomic E-state index is 14.0. The maximum absolute atomic E-state index is 14.0. The van der Waals surface area contributed by atoms with Gasteiger partial charge in [-0.15, -0.1) is 0 Å². The van der Waals surface area contributed by atoms with Gasteiger partial charge < -0.3 is 24.8 Å². The number of methoxy groups -OCH3 is 1. The summed E-state index contributed by atoms with van der Waals surface area (Å²) in [5, 5.41) is 5.77. The van der Waals surface area contributed by atoms with Crippen LogP contribution < -0.4 is 24.8 Å². The van der Waals surface area contributed by atoms with E-state index in [9.17, 15) is 9.18 Å². The highest BCUT2D eigenvalue weighted by atomic mass is 19.1. The lowest BCUT2D eigenvalue weighted by molar-refractivity contribution is 0.171. The summed E-state index contributed by atoms with van der Waals surface area (Å²) in [6, 6.07) is 8.07. The second kappa shape index (κ2) is 7.58. The zero-order valence-electron chi connectivity index (χ0n) is 15.9. The van der Waals surface area contributed by atoms with Crippen LogP contribution in [-0.4, -0.2) is 26.4 Å². The topological polar surface area (TPSA) is 68.8 Å². The van der Waals surface area contributed by atoms with E-state index in [1.807, 2.05) is 18.2 Å². The van der Waals surface area contributed by atoms with E-state index in [-0.39, 0.29) is 17.8 Å². The summed E-state index contributed by atoms with van der Waals surface area (Å²) < 4.78 is 30.2. The van der Waals surface area contributed by atoms with Gasteiger partial charge in [-0.05, 0) is 55.0 Å². The third-order valence-corrected chi connectivity index (χ3v) is 5.05. The average molecular weight is 386 g/mol. The molecule has 7 heteroatoms. The number of halogens is 1. The number of carbonyl (C=O) groups excluding carboxylic acids is 1. The molecule has 2 aromatic rings. The van der Waals surface area contributed by atoms with E-state index in [0.717, 1.165) is 29.7 Å². The Kier molecular flexibility index (Phi) is 4.98. The Balaban J connectivity index is 1.50. The first kappa shape index (κ1) is 18.4. The molecule has 2 aromatic carbocycles. The molecule has 1 saturated carbocycles. The number of benzene rings is 2. The molecule has 4 rings (SSSR count). The molecule has 2 amide bonds. The molecule has 1 heterocycles. The monoisotopic (exact) mass is 386 g/mol. The van der Waals surface area contributed by atoms with Crippen molar-refractivity contribution in [3.8, 4) is 17.2 Å². The van der Waals surface area contributed by atoms with Crippen molar-refractivity contribution in [2.45, 2.75) is 25.8 Å². The van der Waals surface area contributed by atoms with Gasteiger partial charge >= 0.3 is 6.03 Å². The molecule has 1 atom stereocenters. The SMILES string of the molecule is COc1cc(C)c(NC(=O)NC(c2ccc3c(c2)OCCO3)C2CC2)cc1F. The minimum absolute atomic E-state index is 0.140. The van der Waals surface area contributed by atoms with Crippen LogP contribution in [0.1, 0.15) is 30.0 Å². The highest BCUT2D eigenvalue weighted by Crippen LogP contribution is 2.43. The van der Waals surface area contributed by atoms with Crippen molar-refractivity contribution >= 4 is 11.7 Å². The number of carbonyl (C=O) groups is 1. The quantitative estimate of drug-likeness (QED) is 0.809. The summed E-state index contributed by atoms with van der Waals surface area (Å²) in [7, 11) is 1.41. The first-order valence-corrected chi connectivity index (χ1v) is 9.36. The van der Waals surface area contributed by atoms with Crippen molar-refractivity contribution in [3.05, 3.63) is 47.3 Å². The molecule has 2 aliphatic rings. The predicted molar refractivity (Wildman–Crippen MR) is 103 cm³/mol. The minimum Gasteiger partial charge on any atom is -0.494 e. The normalized spacial score (nSPS) is 16.2. The van der Waals surface area contributed by atoms with E-state index in [4.69, 9.17) is 14.2 Å². The van der Waals surface area contributed by atoms with Gasteiger partial charge in [-0.2, -0.15) is 0 Å². The van der Waals surface area contributed by atoms with Crippen molar-refractivity contribution < 1.29 is 23.4 Å². The molecular weight excluding hydrogens is 363 g/mol. The highest BCUT2D eigenvalue weighted by Gasteiger charge is 2.34. The lowest BCUT2D eigenvalue weighted by Gasteiger charge is -2.23. The second-order valence-electron chi connectivity index (χ2n) is 7.12. The predicted octanol–water partition coefficient (Wildman–Crippen LogP) is 4.19. The van der Waals surface area contributed by atoms with Crippen LogP contribution in [0.4, 0.5) is 14.9 Å². The molecule has 0 bridgehead atoms. The number of amides is 2. The molecule has 2 N–H and O–H groups in total. The number of nitrogens with one attached hydrogen (secondary N) is 2. The first-order chi connectivity index (χ1) is 13.5. The summed E-state index contributed by atoms with van der Waals surface area (Å²) in [5.74, 6) is 1.43. The molecule has 6 nitrogen and oxygen atoms in total. The summed E-state index contributed by atoms with van der Waals surface area (Å²) in [6.07, 6.45) is 2.10. The number of urea groups is 1. The lowest BCUT2D eigenvalue weighted by atomic mass is 10.0. The van der Waals surface area contributed by atoms with E-state index in [0.29, 0.717) is 30.6 Å². The van der Waals surface area contributed by atoms with E-state index in [2.05, 4.69) is 10.6 Å². The summed E-state index contributed by atoms with van der Waals surface area (Å²) in [6.45, 7) is 2.84. The molecular formula is C21H23FN2O4. The number of aryl methyl sites for hydroxylation is 1. The zero-order chi connectivity index (χ0) is 19.7. The van der Waals surface area contributed by atoms with Crippen molar-refractivity contribution in [3.63, 3.8) is 0 Å². The summed E-state index contributed by atoms with van der Waals surface area (Å²) >= 11 is 0. The first-order valence-electron chi connectivity index (χ1n) is 9.36. The van der Waals surface area contributed by atoms with Gasteiger partial charge in [0.05, 0.1) is 13.2 Å². The van der Waals surface area contributed by atoms with Gasteiger partial charge in [0, 0.05) is 11.8 Å². The van der Waals surface area contributed by atoms with Crippen molar-refractivity contribution in [2.24, 2.45) is 5.92 Å². The summed E-state index contributed by atoms with van der Waals surface area (Å²) in [4.78, 5) is 12.6. The molecule has 148 valence electrons. The van der Waals surface area contributed by atoms with Gasteiger partial charge in [-0.1, -0.05) is 6.07 Å². The van der Waals surface area contributed by atoms with E-state index in [1.54, 1.807) is 13.0 Å². The summed E-state index contributed by atoms with van der Waals surface area (Å²) in [5.41, 5.74) is 2.10. The van der Waals surface area contributed by atoms with Crippen molar-refractivity contribution in [1.29, 1.82) is 0 Å². The third kappa shape index (κ3) is 3.83. The Morgan fingerprint density at radius 2 is 1.93 bits per heavy atom. The fourth-order valence-corrected chi connectivity index (χ4v) is 3.40. The molecule has 1 aliphatic heterocycles. The van der Waals surface area contributed by atoms with E-state index < -0.39 is 5.82 Å². The Hall–Kier alpha value is -2.96. The van der Waals surface area contributed by atoms with Crippen LogP contribution in [0.25, 0.3) is 0 Å². The number of hydrogen-bond acceptors (Lipinski definition) is 4. The maximum Gasteiger partial charge on any atom is 0.319 e. The van der Waals surface area contributed by atoms with Gasteiger partial charge in [0.2, 0.25) is 0 Å².